The van der Waals surface area contributed by atoms with E-state index in [2.05, 4.69) is 28.1 Å². The van der Waals surface area contributed by atoms with E-state index >= 15 is 0 Å². The molecule has 0 amide bonds. The third kappa shape index (κ3) is 3.63. The lowest BCUT2D eigenvalue weighted by Gasteiger charge is -2.31. The highest BCUT2D eigenvalue weighted by Gasteiger charge is 2.30. The standard InChI is InChI=1S/C17H17BrClNO2S/c18-16-12-15(6-7-17(16)19)23(21,22)20-10-8-14(9-11-20)13-4-2-1-3-5-13/h1-7,12,14H,8-11H2. The van der Waals surface area contributed by atoms with E-state index in [1.165, 1.54) is 5.56 Å². The number of rotatable bonds is 3. The Balaban J connectivity index is 1.75. The van der Waals surface area contributed by atoms with Gasteiger partial charge in [0.15, 0.2) is 0 Å². The number of hydrogen-bond donors (Lipinski definition) is 0. The lowest BCUT2D eigenvalue weighted by Crippen LogP contribution is -2.37. The van der Waals surface area contributed by atoms with E-state index in [0.717, 1.165) is 12.8 Å². The molecule has 1 fully saturated rings. The Morgan fingerprint density at radius 1 is 1.04 bits per heavy atom. The second-order valence-electron chi connectivity index (χ2n) is 5.66. The van der Waals surface area contributed by atoms with Crippen molar-refractivity contribution < 1.29 is 8.42 Å². The molecule has 3 nitrogen and oxygen atoms in total. The summed E-state index contributed by atoms with van der Waals surface area (Å²) in [6, 6.07) is 15.0. The molecule has 0 unspecified atom stereocenters. The molecule has 0 bridgehead atoms. The van der Waals surface area contributed by atoms with Gasteiger partial charge >= 0.3 is 0 Å². The number of piperidine rings is 1. The minimum Gasteiger partial charge on any atom is -0.207 e. The summed E-state index contributed by atoms with van der Waals surface area (Å²) < 4.78 is 27.7. The van der Waals surface area contributed by atoms with Crippen LogP contribution in [-0.4, -0.2) is 25.8 Å². The molecule has 1 aliphatic rings. The zero-order chi connectivity index (χ0) is 16.4. The van der Waals surface area contributed by atoms with Gasteiger partial charge < -0.3 is 0 Å². The van der Waals surface area contributed by atoms with Crippen LogP contribution in [0.3, 0.4) is 0 Å². The van der Waals surface area contributed by atoms with Crippen molar-refractivity contribution >= 4 is 37.6 Å². The molecule has 0 radical (unpaired) electrons. The normalized spacial score (nSPS) is 17.3. The van der Waals surface area contributed by atoms with Crippen LogP contribution in [0.15, 0.2) is 57.9 Å². The van der Waals surface area contributed by atoms with Crippen LogP contribution in [0.2, 0.25) is 5.02 Å². The summed E-state index contributed by atoms with van der Waals surface area (Å²) >= 11 is 9.24. The molecule has 6 heteroatoms. The first-order valence-electron chi connectivity index (χ1n) is 7.48. The molecule has 23 heavy (non-hydrogen) atoms. The molecule has 0 N–H and O–H groups in total. The molecule has 1 saturated heterocycles. The van der Waals surface area contributed by atoms with Crippen LogP contribution < -0.4 is 0 Å². The predicted octanol–water partition coefficient (Wildman–Crippen LogP) is 4.67. The highest BCUT2D eigenvalue weighted by Crippen LogP contribution is 2.32. The summed E-state index contributed by atoms with van der Waals surface area (Å²) in [5, 5.41) is 0.506. The topological polar surface area (TPSA) is 37.4 Å². The van der Waals surface area contributed by atoms with Crippen molar-refractivity contribution in [1.82, 2.24) is 4.31 Å². The van der Waals surface area contributed by atoms with Crippen LogP contribution in [-0.2, 0) is 10.0 Å². The van der Waals surface area contributed by atoms with Crippen LogP contribution in [0.4, 0.5) is 0 Å². The van der Waals surface area contributed by atoms with Crippen molar-refractivity contribution in [3.8, 4) is 0 Å². The quantitative estimate of drug-likeness (QED) is 0.732. The second-order valence-corrected chi connectivity index (χ2v) is 8.86. The predicted molar refractivity (Wildman–Crippen MR) is 96.3 cm³/mol. The van der Waals surface area contributed by atoms with Crippen molar-refractivity contribution in [3.63, 3.8) is 0 Å². The van der Waals surface area contributed by atoms with Gasteiger partial charge in [-0.15, -0.1) is 0 Å². The van der Waals surface area contributed by atoms with Crippen LogP contribution in [0.5, 0.6) is 0 Å². The molecule has 122 valence electrons. The largest absolute Gasteiger partial charge is 0.243 e. The fourth-order valence-electron chi connectivity index (χ4n) is 2.94. The third-order valence-electron chi connectivity index (χ3n) is 4.25. The first kappa shape index (κ1) is 17.0. The van der Waals surface area contributed by atoms with Crippen molar-refractivity contribution in [2.75, 3.05) is 13.1 Å². The number of hydrogen-bond acceptors (Lipinski definition) is 2. The maximum absolute atomic E-state index is 12.8. The van der Waals surface area contributed by atoms with Gasteiger partial charge in [-0.25, -0.2) is 8.42 Å². The zero-order valence-corrected chi connectivity index (χ0v) is 15.6. The van der Waals surface area contributed by atoms with Crippen molar-refractivity contribution in [2.24, 2.45) is 0 Å². The van der Waals surface area contributed by atoms with Crippen LogP contribution in [0.25, 0.3) is 0 Å². The van der Waals surface area contributed by atoms with Crippen LogP contribution in [0.1, 0.15) is 24.3 Å². The van der Waals surface area contributed by atoms with E-state index in [0.29, 0.717) is 28.5 Å². The highest BCUT2D eigenvalue weighted by atomic mass is 79.9. The van der Waals surface area contributed by atoms with Gasteiger partial charge in [-0.2, -0.15) is 4.31 Å². The van der Waals surface area contributed by atoms with E-state index in [-0.39, 0.29) is 4.90 Å². The van der Waals surface area contributed by atoms with Crippen molar-refractivity contribution in [1.29, 1.82) is 0 Å². The molecule has 2 aromatic rings. The van der Waals surface area contributed by atoms with E-state index in [9.17, 15) is 8.42 Å². The fourth-order valence-corrected chi connectivity index (χ4v) is 5.09. The lowest BCUT2D eigenvalue weighted by atomic mass is 9.90. The van der Waals surface area contributed by atoms with Gasteiger partial charge in [-0.05, 0) is 58.5 Å². The smallest absolute Gasteiger partial charge is 0.207 e. The van der Waals surface area contributed by atoms with E-state index in [1.54, 1.807) is 22.5 Å². The minimum absolute atomic E-state index is 0.284. The second kappa shape index (κ2) is 6.93. The molecule has 3 rings (SSSR count). The molecular weight excluding hydrogens is 398 g/mol. The van der Waals surface area contributed by atoms with Gasteiger partial charge in [0, 0.05) is 17.6 Å². The Bertz CT molecular complexity index is 787. The van der Waals surface area contributed by atoms with Crippen molar-refractivity contribution in [3.05, 3.63) is 63.6 Å². The molecular formula is C17H17BrClNO2S. The van der Waals surface area contributed by atoms with E-state index in [1.807, 2.05) is 18.2 Å². The molecule has 0 aliphatic carbocycles. The van der Waals surface area contributed by atoms with Crippen LogP contribution in [0, 0.1) is 0 Å². The van der Waals surface area contributed by atoms with Crippen LogP contribution >= 0.6 is 27.5 Å². The first-order chi connectivity index (χ1) is 11.0. The summed E-state index contributed by atoms with van der Waals surface area (Å²) in [4.78, 5) is 0.284. The lowest BCUT2D eigenvalue weighted by molar-refractivity contribution is 0.319. The number of benzene rings is 2. The number of halogens is 2. The van der Waals surface area contributed by atoms with E-state index in [4.69, 9.17) is 11.6 Å². The maximum Gasteiger partial charge on any atom is 0.243 e. The fraction of sp³-hybridized carbons (Fsp3) is 0.294. The summed E-state index contributed by atoms with van der Waals surface area (Å²) in [6.07, 6.45) is 1.69. The molecule has 1 aliphatic heterocycles. The van der Waals surface area contributed by atoms with Gasteiger partial charge in [-0.1, -0.05) is 41.9 Å². The molecule has 1 heterocycles. The average molecular weight is 415 g/mol. The van der Waals surface area contributed by atoms with Gasteiger partial charge in [0.1, 0.15) is 0 Å². The summed E-state index contributed by atoms with van der Waals surface area (Å²) in [5.41, 5.74) is 1.29. The van der Waals surface area contributed by atoms with Gasteiger partial charge in [-0.3, -0.25) is 0 Å². The minimum atomic E-state index is -3.46. The Morgan fingerprint density at radius 2 is 1.70 bits per heavy atom. The van der Waals surface area contributed by atoms with Gasteiger partial charge in [0.2, 0.25) is 10.0 Å². The molecule has 2 aromatic carbocycles. The van der Waals surface area contributed by atoms with Crippen molar-refractivity contribution in [2.45, 2.75) is 23.7 Å². The van der Waals surface area contributed by atoms with E-state index < -0.39 is 10.0 Å². The first-order valence-corrected chi connectivity index (χ1v) is 10.1. The molecule has 0 spiro atoms. The average Bonchev–Trinajstić information content (AvgIpc) is 2.58. The monoisotopic (exact) mass is 413 g/mol. The Hall–Kier alpha value is -0.880. The SMILES string of the molecule is O=S(=O)(c1ccc(Cl)c(Br)c1)N1CCC(c2ccccc2)CC1. The Kier molecular flexibility index (Phi) is 5.11. The zero-order valence-electron chi connectivity index (χ0n) is 12.5. The number of sulfonamides is 1. The summed E-state index contributed by atoms with van der Waals surface area (Å²) in [6.45, 7) is 1.09. The third-order valence-corrected chi connectivity index (χ3v) is 7.36. The summed E-state index contributed by atoms with van der Waals surface area (Å²) in [5.74, 6) is 0.430. The Morgan fingerprint density at radius 3 is 2.30 bits per heavy atom. The molecule has 0 aromatic heterocycles. The van der Waals surface area contributed by atoms with Gasteiger partial charge in [0.05, 0.1) is 9.92 Å². The number of nitrogens with zero attached hydrogens (tertiary/aromatic N) is 1. The molecule has 0 atom stereocenters. The Labute approximate surface area is 150 Å². The molecule has 0 saturated carbocycles. The summed E-state index contributed by atoms with van der Waals surface area (Å²) in [7, 11) is -3.46. The van der Waals surface area contributed by atoms with Gasteiger partial charge in [0.25, 0.3) is 0 Å². The maximum atomic E-state index is 12.8. The highest BCUT2D eigenvalue weighted by molar-refractivity contribution is 9.10.